The van der Waals surface area contributed by atoms with Gasteiger partial charge in [-0.2, -0.15) is 5.10 Å². The van der Waals surface area contributed by atoms with Gasteiger partial charge in [0.1, 0.15) is 4.90 Å². The van der Waals surface area contributed by atoms with E-state index in [2.05, 4.69) is 10.2 Å². The molecule has 6 nitrogen and oxygen atoms in total. The summed E-state index contributed by atoms with van der Waals surface area (Å²) in [5.74, 6) is -0.114. The predicted molar refractivity (Wildman–Crippen MR) is 73.2 cm³/mol. The minimum Gasteiger partial charge on any atom is -0.461 e. The van der Waals surface area contributed by atoms with Crippen LogP contribution in [0.5, 0.6) is 0 Å². The number of nitrogens with one attached hydrogen (secondary N) is 1. The molecule has 0 aliphatic heterocycles. The van der Waals surface area contributed by atoms with Crippen LogP contribution < -0.4 is 0 Å². The number of H-pyrrole nitrogens is 1. The summed E-state index contributed by atoms with van der Waals surface area (Å²) in [7, 11) is 1.35. The maximum absolute atomic E-state index is 11.9. The first-order valence-electron chi connectivity index (χ1n) is 6.62. The topological polar surface area (TPSA) is 89.1 Å². The Hall–Kier alpha value is -1.08. The number of hydrogen-bond acceptors (Lipinski definition) is 5. The van der Waals surface area contributed by atoms with Gasteiger partial charge in [0.05, 0.1) is 12.3 Å². The summed E-state index contributed by atoms with van der Waals surface area (Å²) in [6.07, 6.45) is 4.30. The van der Waals surface area contributed by atoms with Crippen molar-refractivity contribution in [2.45, 2.75) is 43.9 Å². The summed E-state index contributed by atoms with van der Waals surface area (Å²) < 4.78 is 28.3. The quantitative estimate of drug-likeness (QED) is 0.614. The van der Waals surface area contributed by atoms with Gasteiger partial charge >= 0.3 is 5.97 Å². The van der Waals surface area contributed by atoms with E-state index in [1.165, 1.54) is 12.8 Å². The molecule has 0 saturated heterocycles. The molecule has 1 saturated carbocycles. The van der Waals surface area contributed by atoms with Gasteiger partial charge in [0.2, 0.25) is 0 Å². The molecule has 2 rings (SSSR count). The van der Waals surface area contributed by atoms with Crippen LogP contribution in [0.3, 0.4) is 0 Å². The van der Waals surface area contributed by atoms with E-state index < -0.39 is 15.0 Å². The third kappa shape index (κ3) is 3.73. The van der Waals surface area contributed by atoms with Crippen LogP contribution in [0.25, 0.3) is 0 Å². The Kier molecular flexibility index (Phi) is 4.70. The second kappa shape index (κ2) is 6.13. The molecule has 0 unspecified atom stereocenters. The average molecular weight is 321 g/mol. The molecule has 1 aromatic heterocycles. The van der Waals surface area contributed by atoms with Crippen molar-refractivity contribution in [1.82, 2.24) is 10.2 Å². The fraction of sp³-hybridized carbons (Fsp3) is 0.667. The Morgan fingerprint density at radius 1 is 1.50 bits per heavy atom. The van der Waals surface area contributed by atoms with Gasteiger partial charge in [-0.15, -0.1) is 0 Å². The Morgan fingerprint density at radius 3 is 2.75 bits per heavy atom. The maximum Gasteiger partial charge on any atom is 0.360 e. The summed E-state index contributed by atoms with van der Waals surface area (Å²) in [6, 6.07) is 0. The summed E-state index contributed by atoms with van der Waals surface area (Å²) in [6.45, 7) is 2.17. The second-order valence-electron chi connectivity index (χ2n) is 4.94. The van der Waals surface area contributed by atoms with Crippen molar-refractivity contribution < 1.29 is 17.9 Å². The van der Waals surface area contributed by atoms with Crippen molar-refractivity contribution in [1.29, 1.82) is 0 Å². The van der Waals surface area contributed by atoms with E-state index >= 15 is 0 Å². The number of carbonyl (C=O) groups is 1. The zero-order valence-corrected chi connectivity index (χ0v) is 12.8. The average Bonchev–Trinajstić information content (AvgIpc) is 3.06. The van der Waals surface area contributed by atoms with E-state index in [4.69, 9.17) is 15.4 Å². The highest BCUT2D eigenvalue weighted by atomic mass is 35.7. The van der Waals surface area contributed by atoms with E-state index in [1.54, 1.807) is 0 Å². The number of carbonyl (C=O) groups excluding carboxylic acids is 1. The number of ether oxygens (including phenoxy) is 1. The van der Waals surface area contributed by atoms with Crippen molar-refractivity contribution in [3.63, 3.8) is 0 Å². The monoisotopic (exact) mass is 320 g/mol. The van der Waals surface area contributed by atoms with Crippen LogP contribution in [-0.2, 0) is 20.2 Å². The van der Waals surface area contributed by atoms with Gasteiger partial charge in [0, 0.05) is 10.7 Å². The number of halogens is 1. The third-order valence-electron chi connectivity index (χ3n) is 3.19. The highest BCUT2D eigenvalue weighted by Gasteiger charge is 2.29. The molecule has 20 heavy (non-hydrogen) atoms. The van der Waals surface area contributed by atoms with Gasteiger partial charge < -0.3 is 4.74 Å². The van der Waals surface area contributed by atoms with Crippen molar-refractivity contribution in [3.05, 3.63) is 11.4 Å². The smallest absolute Gasteiger partial charge is 0.360 e. The van der Waals surface area contributed by atoms with Gasteiger partial charge in [-0.25, -0.2) is 13.2 Å². The molecule has 0 amide bonds. The molecule has 1 fully saturated rings. The number of aromatic nitrogens is 2. The molecule has 1 aliphatic carbocycles. The molecule has 0 spiro atoms. The lowest BCUT2D eigenvalue weighted by molar-refractivity contribution is 0.0483. The molecule has 1 aliphatic rings. The van der Waals surface area contributed by atoms with E-state index in [-0.39, 0.29) is 17.2 Å². The molecular weight excluding hydrogens is 304 g/mol. The predicted octanol–water partition coefficient (Wildman–Crippen LogP) is 2.25. The van der Waals surface area contributed by atoms with E-state index in [9.17, 15) is 13.2 Å². The second-order valence-corrected chi connectivity index (χ2v) is 7.44. The molecule has 1 heterocycles. The first-order valence-corrected chi connectivity index (χ1v) is 8.93. The normalized spacial score (nSPS) is 15.3. The molecule has 112 valence electrons. The van der Waals surface area contributed by atoms with Gasteiger partial charge in [-0.05, 0) is 18.8 Å². The minimum absolute atomic E-state index is 0.251. The summed E-state index contributed by atoms with van der Waals surface area (Å²) in [5, 5.41) is 6.31. The van der Waals surface area contributed by atoms with Gasteiger partial charge in [0.15, 0.2) is 5.69 Å². The molecular formula is C12H17ClN2O4S. The van der Waals surface area contributed by atoms with Crippen molar-refractivity contribution in [2.24, 2.45) is 5.92 Å². The Bertz CT molecular complexity index is 593. The van der Waals surface area contributed by atoms with E-state index in [1.807, 2.05) is 6.92 Å². The van der Waals surface area contributed by atoms with E-state index in [0.29, 0.717) is 24.5 Å². The van der Waals surface area contributed by atoms with Crippen LogP contribution in [0, 0.1) is 5.92 Å². The fourth-order valence-electron chi connectivity index (χ4n) is 1.98. The number of esters is 1. The Morgan fingerprint density at radius 2 is 2.20 bits per heavy atom. The molecule has 1 N–H and O–H groups in total. The Labute approximate surface area is 122 Å². The van der Waals surface area contributed by atoms with Crippen molar-refractivity contribution in [2.75, 3.05) is 6.61 Å². The first-order chi connectivity index (χ1) is 9.43. The van der Waals surface area contributed by atoms with Gasteiger partial charge in [-0.3, -0.25) is 5.10 Å². The van der Waals surface area contributed by atoms with Gasteiger partial charge in [0.25, 0.3) is 9.05 Å². The zero-order valence-electron chi connectivity index (χ0n) is 11.2. The molecule has 0 bridgehead atoms. The molecule has 0 atom stereocenters. The van der Waals surface area contributed by atoms with Crippen LogP contribution in [0.4, 0.5) is 0 Å². The number of aryl methyl sites for hydroxylation is 1. The molecule has 0 aromatic carbocycles. The highest BCUT2D eigenvalue weighted by molar-refractivity contribution is 8.13. The van der Waals surface area contributed by atoms with E-state index in [0.717, 1.165) is 6.42 Å². The first kappa shape index (κ1) is 15.3. The van der Waals surface area contributed by atoms with Crippen molar-refractivity contribution in [3.8, 4) is 0 Å². The summed E-state index contributed by atoms with van der Waals surface area (Å²) >= 11 is 0. The molecule has 0 radical (unpaired) electrons. The van der Waals surface area contributed by atoms with Crippen molar-refractivity contribution >= 4 is 25.7 Å². The SMILES string of the molecule is CCCc1[nH]nc(C(=O)OCCC2CC2)c1S(=O)(=O)Cl. The third-order valence-corrected chi connectivity index (χ3v) is 4.58. The molecule has 1 aromatic rings. The van der Waals surface area contributed by atoms with Crippen LogP contribution >= 0.6 is 10.7 Å². The number of aromatic amines is 1. The highest BCUT2D eigenvalue weighted by Crippen LogP contribution is 2.32. The number of nitrogens with zero attached hydrogens (tertiary/aromatic N) is 1. The standard InChI is InChI=1S/C12H17ClN2O4S/c1-2-3-9-11(20(13,17)18)10(15-14-9)12(16)19-7-6-8-4-5-8/h8H,2-7H2,1H3,(H,14,15). The fourth-order valence-corrected chi connectivity index (χ4v) is 3.28. The lowest BCUT2D eigenvalue weighted by Gasteiger charge is -2.03. The van der Waals surface area contributed by atoms with Crippen LogP contribution in [0.1, 0.15) is 48.8 Å². The van der Waals surface area contributed by atoms with Crippen LogP contribution in [-0.4, -0.2) is 31.2 Å². The van der Waals surface area contributed by atoms with Crippen LogP contribution in [0.15, 0.2) is 4.90 Å². The summed E-state index contributed by atoms with van der Waals surface area (Å²) in [5.41, 5.74) is 0.0934. The lowest BCUT2D eigenvalue weighted by atomic mass is 10.2. The maximum atomic E-state index is 11.9. The minimum atomic E-state index is -4.04. The zero-order chi connectivity index (χ0) is 14.8. The summed E-state index contributed by atoms with van der Waals surface area (Å²) in [4.78, 5) is 11.7. The largest absolute Gasteiger partial charge is 0.461 e. The molecule has 8 heteroatoms. The van der Waals surface area contributed by atoms with Gasteiger partial charge in [-0.1, -0.05) is 26.2 Å². The lowest BCUT2D eigenvalue weighted by Crippen LogP contribution is -2.11. The number of hydrogen-bond donors (Lipinski definition) is 1. The van der Waals surface area contributed by atoms with Crippen LogP contribution in [0.2, 0.25) is 0 Å². The number of rotatable bonds is 7. The Balaban J connectivity index is 2.14.